The average molecular weight is 309 g/mol. The monoisotopic (exact) mass is 309 g/mol. The van der Waals surface area contributed by atoms with E-state index in [2.05, 4.69) is 0 Å². The Bertz CT molecular complexity index is 714. The topological polar surface area (TPSA) is 66.8 Å². The minimum absolute atomic E-state index is 0.0246. The van der Waals surface area contributed by atoms with Crippen LogP contribution in [-0.4, -0.2) is 47.7 Å². The predicted molar refractivity (Wildman–Crippen MR) is 75.1 cm³/mol. The Balaban J connectivity index is 1.84. The summed E-state index contributed by atoms with van der Waals surface area (Å²) in [6.45, 7) is 0.574. The van der Waals surface area contributed by atoms with Gasteiger partial charge in [0.2, 0.25) is 0 Å². The zero-order valence-electron chi connectivity index (χ0n) is 10.9. The van der Waals surface area contributed by atoms with Crippen molar-refractivity contribution in [2.75, 3.05) is 19.7 Å². The molecule has 110 valence electrons. The molecule has 1 atom stereocenters. The number of rotatable bonds is 2. The zero-order valence-corrected chi connectivity index (χ0v) is 11.7. The van der Waals surface area contributed by atoms with Gasteiger partial charge in [0.1, 0.15) is 5.82 Å². The first-order chi connectivity index (χ1) is 10.0. The van der Waals surface area contributed by atoms with Crippen molar-refractivity contribution in [3.8, 4) is 0 Å². The van der Waals surface area contributed by atoms with Crippen LogP contribution in [0, 0.1) is 5.82 Å². The molecule has 0 unspecified atom stereocenters. The molecule has 1 amide bonds. The van der Waals surface area contributed by atoms with Crippen molar-refractivity contribution in [2.24, 2.45) is 0 Å². The van der Waals surface area contributed by atoms with E-state index in [1.54, 1.807) is 12.1 Å². The SMILES string of the molecule is O=C(O)[C@H]1CN(C(=O)c2cc3cc(F)ccc3s2)CCO1. The molecule has 1 N–H and O–H groups in total. The van der Waals surface area contributed by atoms with Crippen LogP contribution in [0.2, 0.25) is 0 Å². The van der Waals surface area contributed by atoms with Gasteiger partial charge in [-0.1, -0.05) is 0 Å². The number of carbonyl (C=O) groups excluding carboxylic acids is 1. The summed E-state index contributed by atoms with van der Waals surface area (Å²) in [7, 11) is 0. The number of halogens is 1. The summed E-state index contributed by atoms with van der Waals surface area (Å²) in [6.07, 6.45) is -0.991. The van der Waals surface area contributed by atoms with E-state index in [0.29, 0.717) is 16.8 Å². The molecule has 1 aliphatic heterocycles. The summed E-state index contributed by atoms with van der Waals surface area (Å²) in [5.41, 5.74) is 0. The fourth-order valence-corrected chi connectivity index (χ4v) is 3.27. The Morgan fingerprint density at radius 2 is 2.19 bits per heavy atom. The van der Waals surface area contributed by atoms with E-state index < -0.39 is 12.1 Å². The van der Waals surface area contributed by atoms with E-state index in [4.69, 9.17) is 9.84 Å². The number of hydrogen-bond donors (Lipinski definition) is 1. The lowest BCUT2D eigenvalue weighted by Crippen LogP contribution is -2.48. The standard InChI is InChI=1S/C14H12FNO4S/c15-9-1-2-11-8(5-9)6-12(21-11)13(17)16-3-4-20-10(7-16)14(18)19/h1-2,5-6,10H,3-4,7H2,(H,18,19)/t10-/m1/s1. The third-order valence-electron chi connectivity index (χ3n) is 3.32. The summed E-state index contributed by atoms with van der Waals surface area (Å²) < 4.78 is 19.1. The van der Waals surface area contributed by atoms with Crippen LogP contribution in [0.4, 0.5) is 4.39 Å². The fraction of sp³-hybridized carbons (Fsp3) is 0.286. The molecule has 2 heterocycles. The first-order valence-electron chi connectivity index (χ1n) is 6.37. The van der Waals surface area contributed by atoms with Crippen LogP contribution in [0.1, 0.15) is 9.67 Å². The van der Waals surface area contributed by atoms with E-state index in [1.807, 2.05) is 0 Å². The van der Waals surface area contributed by atoms with E-state index in [0.717, 1.165) is 4.70 Å². The molecule has 5 nitrogen and oxygen atoms in total. The number of carboxylic acid groups (broad SMARTS) is 1. The number of fused-ring (bicyclic) bond motifs is 1. The summed E-state index contributed by atoms with van der Waals surface area (Å²) in [5.74, 6) is -1.67. The van der Waals surface area contributed by atoms with Gasteiger partial charge in [-0.2, -0.15) is 0 Å². The Morgan fingerprint density at radius 1 is 1.38 bits per heavy atom. The third kappa shape index (κ3) is 2.74. The van der Waals surface area contributed by atoms with Crippen LogP contribution in [0.25, 0.3) is 10.1 Å². The molecule has 7 heteroatoms. The number of ether oxygens (including phenoxy) is 1. The van der Waals surface area contributed by atoms with Crippen LogP contribution in [0.5, 0.6) is 0 Å². The van der Waals surface area contributed by atoms with Crippen molar-refractivity contribution < 1.29 is 23.8 Å². The van der Waals surface area contributed by atoms with Crippen LogP contribution < -0.4 is 0 Å². The highest BCUT2D eigenvalue weighted by atomic mass is 32.1. The number of morpholine rings is 1. The highest BCUT2D eigenvalue weighted by Crippen LogP contribution is 2.27. The Labute approximate surface area is 123 Å². The quantitative estimate of drug-likeness (QED) is 0.921. The van der Waals surface area contributed by atoms with Gasteiger partial charge in [0.05, 0.1) is 18.0 Å². The van der Waals surface area contributed by atoms with Crippen molar-refractivity contribution in [2.45, 2.75) is 6.10 Å². The summed E-state index contributed by atoms with van der Waals surface area (Å²) in [5, 5.41) is 9.62. The fourth-order valence-electron chi connectivity index (χ4n) is 2.26. The van der Waals surface area contributed by atoms with Crippen molar-refractivity contribution in [1.29, 1.82) is 0 Å². The molecule has 2 aromatic rings. The number of aliphatic carboxylic acids is 1. The predicted octanol–water partition coefficient (Wildman–Crippen LogP) is 1.97. The van der Waals surface area contributed by atoms with Crippen LogP contribution >= 0.6 is 11.3 Å². The number of amides is 1. The minimum atomic E-state index is -1.08. The molecule has 0 aliphatic carbocycles. The molecule has 1 fully saturated rings. The normalized spacial score (nSPS) is 18.9. The Hall–Kier alpha value is -1.99. The summed E-state index contributed by atoms with van der Waals surface area (Å²) >= 11 is 1.27. The molecule has 1 aromatic carbocycles. The minimum Gasteiger partial charge on any atom is -0.479 e. The van der Waals surface area contributed by atoms with Gasteiger partial charge in [0.25, 0.3) is 5.91 Å². The highest BCUT2D eigenvalue weighted by molar-refractivity contribution is 7.20. The second-order valence-electron chi connectivity index (χ2n) is 4.74. The number of benzene rings is 1. The lowest BCUT2D eigenvalue weighted by molar-refractivity contribution is -0.154. The molecule has 0 bridgehead atoms. The third-order valence-corrected chi connectivity index (χ3v) is 4.42. The first-order valence-corrected chi connectivity index (χ1v) is 7.19. The Morgan fingerprint density at radius 3 is 2.95 bits per heavy atom. The molecular formula is C14H12FNO4S. The summed E-state index contributed by atoms with van der Waals surface area (Å²) in [6, 6.07) is 5.99. The summed E-state index contributed by atoms with van der Waals surface area (Å²) in [4.78, 5) is 25.3. The number of hydrogen-bond acceptors (Lipinski definition) is 4. The van der Waals surface area contributed by atoms with Crippen LogP contribution in [0.15, 0.2) is 24.3 Å². The second-order valence-corrected chi connectivity index (χ2v) is 5.83. The van der Waals surface area contributed by atoms with Crippen molar-refractivity contribution >= 4 is 33.3 Å². The average Bonchev–Trinajstić information content (AvgIpc) is 2.89. The molecule has 3 rings (SSSR count). The molecule has 1 saturated heterocycles. The van der Waals surface area contributed by atoms with Crippen LogP contribution in [0.3, 0.4) is 0 Å². The van der Waals surface area contributed by atoms with Crippen molar-refractivity contribution in [3.63, 3.8) is 0 Å². The van der Waals surface area contributed by atoms with E-state index >= 15 is 0 Å². The van der Waals surface area contributed by atoms with Gasteiger partial charge in [-0.3, -0.25) is 4.79 Å². The van der Waals surface area contributed by atoms with Gasteiger partial charge < -0.3 is 14.7 Å². The maximum atomic E-state index is 13.2. The van der Waals surface area contributed by atoms with E-state index in [-0.39, 0.29) is 24.9 Å². The zero-order chi connectivity index (χ0) is 15.0. The molecule has 21 heavy (non-hydrogen) atoms. The maximum Gasteiger partial charge on any atom is 0.334 e. The molecule has 1 aromatic heterocycles. The molecular weight excluding hydrogens is 297 g/mol. The largest absolute Gasteiger partial charge is 0.479 e. The van der Waals surface area contributed by atoms with Crippen molar-refractivity contribution in [3.05, 3.63) is 35.0 Å². The van der Waals surface area contributed by atoms with Crippen LogP contribution in [-0.2, 0) is 9.53 Å². The molecule has 1 aliphatic rings. The second kappa shape index (κ2) is 5.42. The maximum absolute atomic E-state index is 13.2. The van der Waals surface area contributed by atoms with Gasteiger partial charge in [0, 0.05) is 11.2 Å². The number of carbonyl (C=O) groups is 2. The van der Waals surface area contributed by atoms with Gasteiger partial charge in [-0.25, -0.2) is 9.18 Å². The van der Waals surface area contributed by atoms with E-state index in [1.165, 1.54) is 28.4 Å². The first kappa shape index (κ1) is 14.0. The van der Waals surface area contributed by atoms with Gasteiger partial charge >= 0.3 is 5.97 Å². The number of carboxylic acids is 1. The van der Waals surface area contributed by atoms with Gasteiger partial charge in [-0.15, -0.1) is 11.3 Å². The van der Waals surface area contributed by atoms with Gasteiger partial charge in [0.15, 0.2) is 6.10 Å². The van der Waals surface area contributed by atoms with E-state index in [9.17, 15) is 14.0 Å². The molecule has 0 saturated carbocycles. The Kier molecular flexibility index (Phi) is 3.60. The highest BCUT2D eigenvalue weighted by Gasteiger charge is 2.30. The van der Waals surface area contributed by atoms with Gasteiger partial charge in [-0.05, 0) is 29.7 Å². The smallest absolute Gasteiger partial charge is 0.334 e. The lowest BCUT2D eigenvalue weighted by Gasteiger charge is -2.30. The molecule has 0 spiro atoms. The number of thiophene rings is 1. The lowest BCUT2D eigenvalue weighted by atomic mass is 10.2. The number of nitrogens with zero attached hydrogens (tertiary/aromatic N) is 1. The van der Waals surface area contributed by atoms with Crippen molar-refractivity contribution in [1.82, 2.24) is 4.90 Å². The molecule has 0 radical (unpaired) electrons.